The molecule has 0 aliphatic carbocycles. The molecule has 2 aromatic carbocycles. The highest BCUT2D eigenvalue weighted by Crippen LogP contribution is 2.29. The second kappa shape index (κ2) is 11.0. The molecule has 0 unspecified atom stereocenters. The van der Waals surface area contributed by atoms with Gasteiger partial charge in [0, 0.05) is 30.5 Å². The minimum Gasteiger partial charge on any atom is -0.494 e. The molecule has 6 rings (SSSR count). The van der Waals surface area contributed by atoms with Crippen molar-refractivity contribution < 1.29 is 9.13 Å². The molecule has 192 valence electrons. The first-order valence-electron chi connectivity index (χ1n) is 13.5. The number of benzene rings is 2. The maximum Gasteiger partial charge on any atom is 0.164 e. The quantitative estimate of drug-likeness (QED) is 0.297. The van der Waals surface area contributed by atoms with E-state index in [1.807, 2.05) is 47.0 Å². The van der Waals surface area contributed by atoms with Gasteiger partial charge in [0.1, 0.15) is 17.3 Å². The number of piperidine rings is 1. The van der Waals surface area contributed by atoms with E-state index in [9.17, 15) is 4.39 Å². The van der Waals surface area contributed by atoms with Crippen LogP contribution in [0, 0.1) is 5.82 Å². The number of likely N-dealkylation sites (tertiary alicyclic amines) is 2. The Balaban J connectivity index is 1.07. The Kier molecular flexibility index (Phi) is 7.15. The van der Waals surface area contributed by atoms with Gasteiger partial charge in [-0.05, 0) is 107 Å². The fraction of sp³-hybridized carbons (Fsp3) is 0.400. The minimum absolute atomic E-state index is 0.301. The molecule has 2 aliphatic heterocycles. The number of ether oxygens (including phenoxy) is 1. The van der Waals surface area contributed by atoms with Gasteiger partial charge in [0.25, 0.3) is 0 Å². The predicted octanol–water partition coefficient (Wildman–Crippen LogP) is 5.56. The zero-order valence-corrected chi connectivity index (χ0v) is 21.2. The summed E-state index contributed by atoms with van der Waals surface area (Å²) >= 11 is 0. The van der Waals surface area contributed by atoms with E-state index in [4.69, 9.17) is 9.72 Å². The molecule has 2 aliphatic rings. The molecule has 37 heavy (non-hydrogen) atoms. The largest absolute Gasteiger partial charge is 0.494 e. The average molecular weight is 500 g/mol. The SMILES string of the molecule is Fc1ccc2c(c1)nc(-c1ccccn1)n2-c1ccc(OCCCN2CCC(N3CCCC3)CC2)cc1. The topological polar surface area (TPSA) is 46.4 Å². The number of pyridine rings is 1. The van der Waals surface area contributed by atoms with Crippen molar-refractivity contribution in [3.63, 3.8) is 0 Å². The van der Waals surface area contributed by atoms with Crippen molar-refractivity contribution in [2.24, 2.45) is 0 Å². The highest BCUT2D eigenvalue weighted by molar-refractivity contribution is 5.82. The Morgan fingerprint density at radius 1 is 0.919 bits per heavy atom. The molecule has 6 nitrogen and oxygen atoms in total. The first kappa shape index (κ1) is 24.1. The summed E-state index contributed by atoms with van der Waals surface area (Å²) in [6, 6.07) is 19.3. The molecule has 0 radical (unpaired) electrons. The predicted molar refractivity (Wildman–Crippen MR) is 145 cm³/mol. The van der Waals surface area contributed by atoms with Crippen LogP contribution in [0.2, 0.25) is 0 Å². The average Bonchev–Trinajstić information content (AvgIpc) is 3.61. The van der Waals surface area contributed by atoms with Crippen molar-refractivity contribution in [3.8, 4) is 23.0 Å². The van der Waals surface area contributed by atoms with Crippen molar-refractivity contribution in [3.05, 3.63) is 72.7 Å². The summed E-state index contributed by atoms with van der Waals surface area (Å²) in [4.78, 5) is 14.5. The van der Waals surface area contributed by atoms with Crippen LogP contribution in [0.15, 0.2) is 66.9 Å². The Bertz CT molecular complexity index is 1310. The van der Waals surface area contributed by atoms with E-state index in [1.54, 1.807) is 12.3 Å². The molecule has 7 heteroatoms. The minimum atomic E-state index is -0.301. The van der Waals surface area contributed by atoms with Gasteiger partial charge in [0.15, 0.2) is 5.82 Å². The number of hydrogen-bond acceptors (Lipinski definition) is 5. The van der Waals surface area contributed by atoms with E-state index in [1.165, 1.54) is 64.0 Å². The summed E-state index contributed by atoms with van der Waals surface area (Å²) in [5.74, 6) is 1.24. The van der Waals surface area contributed by atoms with E-state index in [-0.39, 0.29) is 5.82 Å². The van der Waals surface area contributed by atoms with Gasteiger partial charge in [-0.15, -0.1) is 0 Å². The first-order chi connectivity index (χ1) is 18.2. The van der Waals surface area contributed by atoms with E-state index in [0.717, 1.165) is 41.7 Å². The standard InChI is InChI=1S/C30H34FN5O/c31-23-7-12-29-28(22-23)33-30(27-6-1-2-15-32-27)36(29)25-8-10-26(11-9-25)37-21-5-16-34-19-13-24(14-20-34)35-17-3-4-18-35/h1-2,6-12,15,22,24H,3-5,13-14,16-21H2. The maximum absolute atomic E-state index is 13.9. The smallest absolute Gasteiger partial charge is 0.164 e. The highest BCUT2D eigenvalue weighted by Gasteiger charge is 2.26. The van der Waals surface area contributed by atoms with Gasteiger partial charge in [0.05, 0.1) is 17.6 Å². The number of rotatable bonds is 8. The van der Waals surface area contributed by atoms with Crippen LogP contribution in [0.25, 0.3) is 28.2 Å². The summed E-state index contributed by atoms with van der Waals surface area (Å²) in [6.45, 7) is 6.82. The van der Waals surface area contributed by atoms with Crippen molar-refractivity contribution in [1.29, 1.82) is 0 Å². The zero-order valence-electron chi connectivity index (χ0n) is 21.2. The molecule has 0 saturated carbocycles. The fourth-order valence-electron chi connectivity index (χ4n) is 5.77. The molecule has 2 aromatic heterocycles. The summed E-state index contributed by atoms with van der Waals surface area (Å²) < 4.78 is 22.0. The Morgan fingerprint density at radius 3 is 2.49 bits per heavy atom. The van der Waals surface area contributed by atoms with E-state index in [0.29, 0.717) is 17.9 Å². The van der Waals surface area contributed by atoms with Crippen molar-refractivity contribution >= 4 is 11.0 Å². The van der Waals surface area contributed by atoms with Crippen LogP contribution in [0.1, 0.15) is 32.1 Å². The Labute approximate surface area is 217 Å². The zero-order chi connectivity index (χ0) is 25.0. The van der Waals surface area contributed by atoms with Crippen LogP contribution in [-0.2, 0) is 0 Å². The number of imidazole rings is 1. The highest BCUT2D eigenvalue weighted by atomic mass is 19.1. The number of fused-ring (bicyclic) bond motifs is 1. The first-order valence-corrected chi connectivity index (χ1v) is 13.5. The third kappa shape index (κ3) is 5.38. The molecule has 4 aromatic rings. The van der Waals surface area contributed by atoms with Gasteiger partial charge in [-0.3, -0.25) is 9.55 Å². The molecular formula is C30H34FN5O. The second-order valence-electron chi connectivity index (χ2n) is 10.1. The summed E-state index contributed by atoms with van der Waals surface area (Å²) in [5, 5.41) is 0. The third-order valence-corrected chi connectivity index (χ3v) is 7.71. The van der Waals surface area contributed by atoms with Gasteiger partial charge in [-0.2, -0.15) is 0 Å². The monoisotopic (exact) mass is 499 g/mol. The Hall–Kier alpha value is -3.29. The van der Waals surface area contributed by atoms with Crippen LogP contribution in [-0.4, -0.2) is 69.7 Å². The van der Waals surface area contributed by atoms with Gasteiger partial charge >= 0.3 is 0 Å². The molecule has 2 saturated heterocycles. The lowest BCUT2D eigenvalue weighted by Gasteiger charge is -2.36. The van der Waals surface area contributed by atoms with Gasteiger partial charge < -0.3 is 14.5 Å². The van der Waals surface area contributed by atoms with Gasteiger partial charge in [0.2, 0.25) is 0 Å². The lowest BCUT2D eigenvalue weighted by atomic mass is 10.0. The second-order valence-corrected chi connectivity index (χ2v) is 10.1. The lowest BCUT2D eigenvalue weighted by molar-refractivity contribution is 0.122. The maximum atomic E-state index is 13.9. The summed E-state index contributed by atoms with van der Waals surface area (Å²) in [5.41, 5.74) is 3.11. The number of aromatic nitrogens is 3. The summed E-state index contributed by atoms with van der Waals surface area (Å²) in [7, 11) is 0. The van der Waals surface area contributed by atoms with Crippen molar-refractivity contribution in [1.82, 2.24) is 24.3 Å². The molecule has 0 atom stereocenters. The number of nitrogens with zero attached hydrogens (tertiary/aromatic N) is 5. The van der Waals surface area contributed by atoms with Crippen LogP contribution < -0.4 is 4.74 Å². The normalized spacial score (nSPS) is 17.5. The molecular weight excluding hydrogens is 465 g/mol. The van der Waals surface area contributed by atoms with Crippen LogP contribution in [0.4, 0.5) is 4.39 Å². The molecule has 4 heterocycles. The summed E-state index contributed by atoms with van der Waals surface area (Å²) in [6.07, 6.45) is 8.13. The third-order valence-electron chi connectivity index (χ3n) is 7.71. The van der Waals surface area contributed by atoms with Crippen LogP contribution in [0.3, 0.4) is 0 Å². The van der Waals surface area contributed by atoms with E-state index >= 15 is 0 Å². The van der Waals surface area contributed by atoms with Crippen molar-refractivity contribution in [2.75, 3.05) is 39.3 Å². The van der Waals surface area contributed by atoms with Gasteiger partial charge in [-0.1, -0.05) is 6.07 Å². The van der Waals surface area contributed by atoms with Gasteiger partial charge in [-0.25, -0.2) is 9.37 Å². The van der Waals surface area contributed by atoms with Crippen LogP contribution >= 0.6 is 0 Å². The number of halogens is 1. The molecule has 2 fully saturated rings. The molecule has 0 bridgehead atoms. The molecule has 0 amide bonds. The molecule has 0 N–H and O–H groups in total. The number of hydrogen-bond donors (Lipinski definition) is 0. The van der Waals surface area contributed by atoms with Crippen LogP contribution in [0.5, 0.6) is 5.75 Å². The van der Waals surface area contributed by atoms with Crippen molar-refractivity contribution in [2.45, 2.75) is 38.1 Å². The van der Waals surface area contributed by atoms with E-state index in [2.05, 4.69) is 14.8 Å². The lowest BCUT2D eigenvalue weighted by Crippen LogP contribution is -2.44. The van der Waals surface area contributed by atoms with E-state index < -0.39 is 0 Å². The molecule has 0 spiro atoms. The fourth-order valence-corrected chi connectivity index (χ4v) is 5.77. The Morgan fingerprint density at radius 2 is 1.73 bits per heavy atom.